The number of hydrogen-bond acceptors (Lipinski definition) is 4. The van der Waals surface area contributed by atoms with Crippen molar-refractivity contribution >= 4 is 22.7 Å². The highest BCUT2D eigenvalue weighted by molar-refractivity contribution is 5.81. The van der Waals surface area contributed by atoms with Gasteiger partial charge >= 0.3 is 5.69 Å². The van der Waals surface area contributed by atoms with Crippen molar-refractivity contribution in [1.82, 2.24) is 23.6 Å². The van der Waals surface area contributed by atoms with E-state index in [-0.39, 0.29) is 24.2 Å². The van der Waals surface area contributed by atoms with Crippen LogP contribution in [0.5, 0.6) is 0 Å². The van der Waals surface area contributed by atoms with Crippen molar-refractivity contribution in [2.45, 2.75) is 45.3 Å². The van der Waals surface area contributed by atoms with Crippen LogP contribution in [0.25, 0.3) is 16.8 Å². The van der Waals surface area contributed by atoms with E-state index in [1.54, 1.807) is 11.5 Å². The number of piperidine rings is 1. The molecule has 0 aliphatic carbocycles. The summed E-state index contributed by atoms with van der Waals surface area (Å²) in [5, 5.41) is 4.49. The van der Waals surface area contributed by atoms with Crippen LogP contribution in [0.4, 0.5) is 0 Å². The van der Waals surface area contributed by atoms with Crippen LogP contribution in [0.3, 0.4) is 0 Å². The van der Waals surface area contributed by atoms with E-state index in [0.29, 0.717) is 18.9 Å². The fourth-order valence-corrected chi connectivity index (χ4v) is 3.96. The van der Waals surface area contributed by atoms with Crippen molar-refractivity contribution in [2.75, 3.05) is 20.3 Å². The predicted octanol–water partition coefficient (Wildman–Crippen LogP) is 1.50. The molecule has 1 atom stereocenters. The standard InChI is InChI=1S/C19H25N5O3/c1-14-7-5-6-10-21(14)17(25)13-23-19(26)24-16-9-4-3-8-15(16)22(11-12-27-2)18(24)20-23/h3-4,8-9,14H,5-7,10-13H2,1-2H3/t14-/m1/s1. The van der Waals surface area contributed by atoms with E-state index in [9.17, 15) is 9.59 Å². The van der Waals surface area contributed by atoms with E-state index < -0.39 is 0 Å². The van der Waals surface area contributed by atoms with Gasteiger partial charge in [-0.2, -0.15) is 0 Å². The van der Waals surface area contributed by atoms with E-state index in [1.165, 1.54) is 4.68 Å². The molecule has 0 N–H and O–H groups in total. The lowest BCUT2D eigenvalue weighted by atomic mass is 10.0. The van der Waals surface area contributed by atoms with Crippen LogP contribution < -0.4 is 5.69 Å². The number of fused-ring (bicyclic) bond motifs is 3. The molecule has 0 radical (unpaired) electrons. The van der Waals surface area contributed by atoms with Crippen molar-refractivity contribution < 1.29 is 9.53 Å². The zero-order chi connectivity index (χ0) is 19.0. The van der Waals surface area contributed by atoms with Crippen LogP contribution in [-0.4, -0.2) is 55.9 Å². The van der Waals surface area contributed by atoms with E-state index >= 15 is 0 Å². The van der Waals surface area contributed by atoms with Gasteiger partial charge in [0.15, 0.2) is 0 Å². The maximum Gasteiger partial charge on any atom is 0.352 e. The molecule has 1 aromatic carbocycles. The number of rotatable bonds is 5. The first-order valence-corrected chi connectivity index (χ1v) is 9.47. The summed E-state index contributed by atoms with van der Waals surface area (Å²) in [6, 6.07) is 7.91. The molecule has 27 heavy (non-hydrogen) atoms. The lowest BCUT2D eigenvalue weighted by Crippen LogP contribution is -2.44. The van der Waals surface area contributed by atoms with Crippen molar-refractivity contribution in [2.24, 2.45) is 0 Å². The summed E-state index contributed by atoms with van der Waals surface area (Å²) in [5.74, 6) is 0.496. The third-order valence-electron chi connectivity index (χ3n) is 5.40. The number of amides is 1. The Labute approximate surface area is 156 Å². The number of carbonyl (C=O) groups is 1. The molecule has 1 aliphatic heterocycles. The quantitative estimate of drug-likeness (QED) is 0.681. The first-order valence-electron chi connectivity index (χ1n) is 9.47. The highest BCUT2D eigenvalue weighted by Gasteiger charge is 2.25. The van der Waals surface area contributed by atoms with E-state index in [2.05, 4.69) is 12.0 Å². The molecule has 0 saturated carbocycles. The molecule has 1 fully saturated rings. The molecule has 8 heteroatoms. The minimum atomic E-state index is -0.282. The number of likely N-dealkylation sites (tertiary alicyclic amines) is 1. The summed E-state index contributed by atoms with van der Waals surface area (Å²) in [6.07, 6.45) is 3.18. The average Bonchev–Trinajstić information content (AvgIpc) is 3.15. The molecule has 4 rings (SSSR count). The van der Waals surface area contributed by atoms with Gasteiger partial charge in [0.1, 0.15) is 6.54 Å². The number of ether oxygens (including phenoxy) is 1. The van der Waals surface area contributed by atoms with Gasteiger partial charge < -0.3 is 14.2 Å². The summed E-state index contributed by atoms with van der Waals surface area (Å²) >= 11 is 0. The molecular weight excluding hydrogens is 346 g/mol. The van der Waals surface area contributed by atoms with Gasteiger partial charge in [-0.25, -0.2) is 13.9 Å². The van der Waals surface area contributed by atoms with Crippen molar-refractivity contribution in [3.8, 4) is 0 Å². The molecule has 1 amide bonds. The smallest absolute Gasteiger partial charge is 0.352 e. The van der Waals surface area contributed by atoms with E-state index in [1.807, 2.05) is 33.7 Å². The Hall–Kier alpha value is -2.61. The second-order valence-corrected chi connectivity index (χ2v) is 7.14. The second kappa shape index (κ2) is 7.19. The van der Waals surface area contributed by atoms with Gasteiger partial charge in [0.05, 0.1) is 17.6 Å². The van der Waals surface area contributed by atoms with Gasteiger partial charge in [-0.3, -0.25) is 4.79 Å². The maximum atomic E-state index is 13.0. The Morgan fingerprint density at radius 1 is 1.26 bits per heavy atom. The van der Waals surface area contributed by atoms with Crippen molar-refractivity contribution in [3.05, 3.63) is 34.7 Å². The average molecular weight is 371 g/mol. The molecule has 144 valence electrons. The Morgan fingerprint density at radius 2 is 2.04 bits per heavy atom. The summed E-state index contributed by atoms with van der Waals surface area (Å²) < 4.78 is 10.0. The van der Waals surface area contributed by atoms with Gasteiger partial charge in [0.2, 0.25) is 11.7 Å². The molecular formula is C19H25N5O3. The van der Waals surface area contributed by atoms with E-state index in [0.717, 1.165) is 36.8 Å². The normalized spacial score (nSPS) is 17.9. The molecule has 3 aromatic rings. The minimum Gasteiger partial charge on any atom is -0.383 e. The Morgan fingerprint density at radius 3 is 2.78 bits per heavy atom. The molecule has 1 saturated heterocycles. The first kappa shape index (κ1) is 17.8. The van der Waals surface area contributed by atoms with Crippen LogP contribution in [0.15, 0.2) is 29.1 Å². The maximum absolute atomic E-state index is 13.0. The van der Waals surface area contributed by atoms with Crippen molar-refractivity contribution in [1.29, 1.82) is 0 Å². The number of nitrogens with zero attached hydrogens (tertiary/aromatic N) is 5. The molecule has 3 heterocycles. The number of benzene rings is 1. The molecule has 0 unspecified atom stereocenters. The van der Waals surface area contributed by atoms with E-state index in [4.69, 9.17) is 4.74 Å². The topological polar surface area (TPSA) is 73.8 Å². The SMILES string of the molecule is COCCn1c2ccccc2n2c(=O)n(CC(=O)N3CCCC[C@H]3C)nc12. The third kappa shape index (κ3) is 3.03. The van der Waals surface area contributed by atoms with Gasteiger partial charge in [0.25, 0.3) is 0 Å². The first-order chi connectivity index (χ1) is 13.1. The number of imidazole rings is 1. The minimum absolute atomic E-state index is 0.0243. The van der Waals surface area contributed by atoms with Gasteiger partial charge in [-0.15, -0.1) is 5.10 Å². The summed E-state index contributed by atoms with van der Waals surface area (Å²) in [7, 11) is 1.64. The highest BCUT2D eigenvalue weighted by Crippen LogP contribution is 2.19. The zero-order valence-electron chi connectivity index (χ0n) is 15.8. The molecule has 8 nitrogen and oxygen atoms in total. The Bertz CT molecular complexity index is 1030. The number of hydrogen-bond donors (Lipinski definition) is 0. The van der Waals surface area contributed by atoms with Crippen LogP contribution >= 0.6 is 0 Å². The van der Waals surface area contributed by atoms with Gasteiger partial charge in [-0.05, 0) is 38.3 Å². The number of carbonyl (C=O) groups excluding carboxylic acids is 1. The largest absolute Gasteiger partial charge is 0.383 e. The highest BCUT2D eigenvalue weighted by atomic mass is 16.5. The van der Waals surface area contributed by atoms with Gasteiger partial charge in [-0.1, -0.05) is 12.1 Å². The van der Waals surface area contributed by atoms with Crippen LogP contribution in [0.1, 0.15) is 26.2 Å². The number of aromatic nitrogens is 4. The third-order valence-corrected chi connectivity index (χ3v) is 5.40. The number of para-hydroxylation sites is 2. The van der Waals surface area contributed by atoms with Crippen molar-refractivity contribution in [3.63, 3.8) is 0 Å². The summed E-state index contributed by atoms with van der Waals surface area (Å²) in [5.41, 5.74) is 1.44. The van der Waals surface area contributed by atoms with Crippen LogP contribution in [-0.2, 0) is 22.6 Å². The Kier molecular flexibility index (Phi) is 4.73. The number of methoxy groups -OCH3 is 1. The fraction of sp³-hybridized carbons (Fsp3) is 0.526. The molecule has 0 spiro atoms. The molecule has 2 aromatic heterocycles. The fourth-order valence-electron chi connectivity index (χ4n) is 3.96. The monoisotopic (exact) mass is 371 g/mol. The Balaban J connectivity index is 1.73. The molecule has 1 aliphatic rings. The second-order valence-electron chi connectivity index (χ2n) is 7.14. The van der Waals surface area contributed by atoms with Crippen LogP contribution in [0, 0.1) is 0 Å². The van der Waals surface area contributed by atoms with Gasteiger partial charge in [0, 0.05) is 26.2 Å². The predicted molar refractivity (Wildman–Crippen MR) is 102 cm³/mol. The lowest BCUT2D eigenvalue weighted by Gasteiger charge is -2.33. The summed E-state index contributed by atoms with van der Waals surface area (Å²) in [4.78, 5) is 27.6. The molecule has 0 bridgehead atoms. The lowest BCUT2D eigenvalue weighted by molar-refractivity contribution is -0.135. The summed E-state index contributed by atoms with van der Waals surface area (Å²) in [6.45, 7) is 3.89. The zero-order valence-corrected chi connectivity index (χ0v) is 15.8. The van der Waals surface area contributed by atoms with Crippen LogP contribution in [0.2, 0.25) is 0 Å².